The van der Waals surface area contributed by atoms with Crippen LogP contribution in [-0.2, 0) is 10.5 Å². The largest absolute Gasteiger partial charge is 0.496 e. The highest BCUT2D eigenvalue weighted by atomic mass is 79.9. The SMILES string of the molecule is COc1ccc(CSC(C)C(=O)N2CCN(c3ccccc3)CC2)cc1Br. The zero-order valence-corrected chi connectivity index (χ0v) is 18.1. The quantitative estimate of drug-likeness (QED) is 0.654. The molecule has 0 radical (unpaired) electrons. The highest BCUT2D eigenvalue weighted by Crippen LogP contribution is 2.28. The number of para-hydroxylation sites is 1. The first-order valence-corrected chi connectivity index (χ1v) is 11.0. The number of thioether (sulfide) groups is 1. The third kappa shape index (κ3) is 5.20. The second kappa shape index (κ2) is 9.51. The standard InChI is InChI=1S/C21H25BrN2O2S/c1-16(27-15-17-8-9-20(26-2)19(22)14-17)21(25)24-12-10-23(11-13-24)18-6-4-3-5-7-18/h3-9,14,16H,10-13,15H2,1-2H3. The van der Waals surface area contributed by atoms with E-state index in [4.69, 9.17) is 4.74 Å². The Kier molecular flexibility index (Phi) is 7.07. The number of rotatable bonds is 6. The van der Waals surface area contributed by atoms with Crippen LogP contribution in [0.25, 0.3) is 0 Å². The van der Waals surface area contributed by atoms with Crippen molar-refractivity contribution in [1.29, 1.82) is 0 Å². The van der Waals surface area contributed by atoms with Crippen LogP contribution in [0.2, 0.25) is 0 Å². The molecule has 2 aromatic carbocycles. The van der Waals surface area contributed by atoms with Gasteiger partial charge in [0.15, 0.2) is 0 Å². The number of anilines is 1. The van der Waals surface area contributed by atoms with Gasteiger partial charge in [-0.2, -0.15) is 0 Å². The van der Waals surface area contributed by atoms with Crippen LogP contribution >= 0.6 is 27.7 Å². The van der Waals surface area contributed by atoms with Gasteiger partial charge in [-0.3, -0.25) is 4.79 Å². The van der Waals surface area contributed by atoms with E-state index in [1.807, 2.05) is 30.0 Å². The van der Waals surface area contributed by atoms with Crippen LogP contribution in [0.4, 0.5) is 5.69 Å². The van der Waals surface area contributed by atoms with Crippen molar-refractivity contribution >= 4 is 39.3 Å². The van der Waals surface area contributed by atoms with E-state index in [-0.39, 0.29) is 11.2 Å². The number of carbonyl (C=O) groups excluding carboxylic acids is 1. The average Bonchev–Trinajstić information content (AvgIpc) is 2.72. The van der Waals surface area contributed by atoms with Gasteiger partial charge >= 0.3 is 0 Å². The molecule has 0 aliphatic carbocycles. The van der Waals surface area contributed by atoms with Crippen LogP contribution in [0.1, 0.15) is 12.5 Å². The molecule has 6 heteroatoms. The minimum absolute atomic E-state index is 0.0471. The van der Waals surface area contributed by atoms with Crippen molar-refractivity contribution in [3.63, 3.8) is 0 Å². The first-order chi connectivity index (χ1) is 13.1. The molecule has 2 aromatic rings. The van der Waals surface area contributed by atoms with Crippen molar-refractivity contribution in [3.05, 3.63) is 58.6 Å². The summed E-state index contributed by atoms with van der Waals surface area (Å²) in [4.78, 5) is 17.1. The Morgan fingerprint density at radius 1 is 1.15 bits per heavy atom. The van der Waals surface area contributed by atoms with Gasteiger partial charge in [0.25, 0.3) is 0 Å². The van der Waals surface area contributed by atoms with E-state index < -0.39 is 0 Å². The van der Waals surface area contributed by atoms with Crippen LogP contribution < -0.4 is 9.64 Å². The molecule has 0 saturated carbocycles. The molecule has 1 saturated heterocycles. The molecule has 1 unspecified atom stereocenters. The second-order valence-corrected chi connectivity index (χ2v) is 8.75. The van der Waals surface area contributed by atoms with Crippen molar-refractivity contribution in [2.24, 2.45) is 0 Å². The molecule has 0 bridgehead atoms. The summed E-state index contributed by atoms with van der Waals surface area (Å²) < 4.78 is 6.21. The summed E-state index contributed by atoms with van der Waals surface area (Å²) in [7, 11) is 1.66. The minimum Gasteiger partial charge on any atom is -0.496 e. The maximum atomic E-state index is 12.8. The van der Waals surface area contributed by atoms with Crippen LogP contribution in [-0.4, -0.2) is 49.3 Å². The van der Waals surface area contributed by atoms with E-state index in [9.17, 15) is 4.79 Å². The van der Waals surface area contributed by atoms with Crippen molar-refractivity contribution in [2.75, 3.05) is 38.2 Å². The highest BCUT2D eigenvalue weighted by Gasteiger charge is 2.25. The number of nitrogens with zero attached hydrogens (tertiary/aromatic N) is 2. The fourth-order valence-electron chi connectivity index (χ4n) is 3.17. The Morgan fingerprint density at radius 2 is 1.85 bits per heavy atom. The topological polar surface area (TPSA) is 32.8 Å². The number of benzene rings is 2. The average molecular weight is 449 g/mol. The van der Waals surface area contributed by atoms with Crippen LogP contribution in [0.3, 0.4) is 0 Å². The summed E-state index contributed by atoms with van der Waals surface area (Å²) >= 11 is 5.20. The number of halogens is 1. The molecule has 1 aliphatic rings. The van der Waals surface area contributed by atoms with Crippen LogP contribution in [0.5, 0.6) is 5.75 Å². The number of piperazine rings is 1. The van der Waals surface area contributed by atoms with Gasteiger partial charge in [-0.25, -0.2) is 0 Å². The Morgan fingerprint density at radius 3 is 2.48 bits per heavy atom. The third-order valence-corrected chi connectivity index (χ3v) is 6.60. The monoisotopic (exact) mass is 448 g/mol. The number of hydrogen-bond donors (Lipinski definition) is 0. The van der Waals surface area contributed by atoms with Gasteiger partial charge in [-0.15, -0.1) is 11.8 Å². The molecule has 0 spiro atoms. The van der Waals surface area contributed by atoms with E-state index in [2.05, 4.69) is 51.2 Å². The van der Waals surface area contributed by atoms with Gasteiger partial charge in [0, 0.05) is 37.6 Å². The number of hydrogen-bond acceptors (Lipinski definition) is 4. The van der Waals surface area contributed by atoms with Gasteiger partial charge in [0.05, 0.1) is 16.8 Å². The fraction of sp³-hybridized carbons (Fsp3) is 0.381. The van der Waals surface area contributed by atoms with Gasteiger partial charge in [-0.1, -0.05) is 24.3 Å². The second-order valence-electron chi connectivity index (χ2n) is 6.57. The number of amides is 1. The lowest BCUT2D eigenvalue weighted by Crippen LogP contribution is -2.50. The Labute approximate surface area is 174 Å². The molecule has 1 heterocycles. The molecule has 0 aromatic heterocycles. The maximum Gasteiger partial charge on any atom is 0.235 e. The molecule has 0 N–H and O–H groups in total. The lowest BCUT2D eigenvalue weighted by atomic mass is 10.2. The van der Waals surface area contributed by atoms with E-state index in [0.29, 0.717) is 0 Å². The zero-order valence-electron chi connectivity index (χ0n) is 15.7. The summed E-state index contributed by atoms with van der Waals surface area (Å²) in [5.74, 6) is 1.86. The number of methoxy groups -OCH3 is 1. The Balaban J connectivity index is 1.49. The zero-order chi connectivity index (χ0) is 19.2. The summed E-state index contributed by atoms with van der Waals surface area (Å²) in [6.45, 7) is 5.35. The number of carbonyl (C=O) groups is 1. The molecule has 144 valence electrons. The molecule has 1 fully saturated rings. The predicted octanol–water partition coefficient (Wildman–Crippen LogP) is 4.43. The molecule has 3 rings (SSSR count). The van der Waals surface area contributed by atoms with Crippen LogP contribution in [0, 0.1) is 0 Å². The molecule has 1 amide bonds. The maximum absolute atomic E-state index is 12.8. The highest BCUT2D eigenvalue weighted by molar-refractivity contribution is 9.10. The fourth-order valence-corrected chi connectivity index (χ4v) is 4.67. The first kappa shape index (κ1) is 20.1. The van der Waals surface area contributed by atoms with E-state index in [1.54, 1.807) is 18.9 Å². The Bertz CT molecular complexity index is 764. The predicted molar refractivity (Wildman–Crippen MR) is 117 cm³/mol. The molecule has 1 aliphatic heterocycles. The molecular weight excluding hydrogens is 424 g/mol. The Hall–Kier alpha value is -1.66. The smallest absolute Gasteiger partial charge is 0.235 e. The van der Waals surface area contributed by atoms with Crippen molar-refractivity contribution < 1.29 is 9.53 Å². The van der Waals surface area contributed by atoms with Gasteiger partial charge < -0.3 is 14.5 Å². The molecular formula is C21H25BrN2O2S. The number of ether oxygens (including phenoxy) is 1. The summed E-state index contributed by atoms with van der Waals surface area (Å²) in [6, 6.07) is 16.5. The van der Waals surface area contributed by atoms with E-state index in [1.165, 1.54) is 11.3 Å². The summed E-state index contributed by atoms with van der Waals surface area (Å²) in [5, 5.41) is -0.0471. The van der Waals surface area contributed by atoms with Gasteiger partial charge in [0.1, 0.15) is 5.75 Å². The van der Waals surface area contributed by atoms with Crippen molar-refractivity contribution in [2.45, 2.75) is 17.9 Å². The minimum atomic E-state index is -0.0471. The lowest BCUT2D eigenvalue weighted by Gasteiger charge is -2.37. The first-order valence-electron chi connectivity index (χ1n) is 9.11. The molecule has 1 atom stereocenters. The van der Waals surface area contributed by atoms with Gasteiger partial charge in [0.2, 0.25) is 5.91 Å². The van der Waals surface area contributed by atoms with E-state index >= 15 is 0 Å². The molecule has 27 heavy (non-hydrogen) atoms. The lowest BCUT2D eigenvalue weighted by molar-refractivity contribution is -0.130. The summed E-state index contributed by atoms with van der Waals surface area (Å²) in [5.41, 5.74) is 2.42. The van der Waals surface area contributed by atoms with Crippen molar-refractivity contribution in [1.82, 2.24) is 4.90 Å². The van der Waals surface area contributed by atoms with E-state index in [0.717, 1.165) is 42.2 Å². The van der Waals surface area contributed by atoms with Gasteiger partial charge in [-0.05, 0) is 52.7 Å². The normalized spacial score (nSPS) is 15.5. The third-order valence-electron chi connectivity index (χ3n) is 4.78. The van der Waals surface area contributed by atoms with Crippen LogP contribution in [0.15, 0.2) is 53.0 Å². The molecule has 4 nitrogen and oxygen atoms in total. The summed E-state index contributed by atoms with van der Waals surface area (Å²) in [6.07, 6.45) is 0. The van der Waals surface area contributed by atoms with Crippen molar-refractivity contribution in [3.8, 4) is 5.75 Å².